The molecule has 6 nitrogen and oxygen atoms in total. The smallest absolute Gasteiger partial charge is 0.321 e. The number of urea groups is 1. The van der Waals surface area contributed by atoms with E-state index in [1.165, 1.54) is 38.5 Å². The van der Waals surface area contributed by atoms with Crippen LogP contribution in [0.3, 0.4) is 0 Å². The molecule has 0 atom stereocenters. The molecule has 25 heavy (non-hydrogen) atoms. The van der Waals surface area contributed by atoms with Gasteiger partial charge in [0.1, 0.15) is 0 Å². The van der Waals surface area contributed by atoms with E-state index in [0.717, 1.165) is 45.3 Å². The van der Waals surface area contributed by atoms with Crippen LogP contribution in [-0.2, 0) is 4.79 Å². The maximum atomic E-state index is 12.4. The third-order valence-electron chi connectivity index (χ3n) is 6.00. The fourth-order valence-corrected chi connectivity index (χ4v) is 4.64. The van der Waals surface area contributed by atoms with Crippen LogP contribution < -0.4 is 16.0 Å². The van der Waals surface area contributed by atoms with E-state index in [1.807, 2.05) is 0 Å². The molecule has 1 heterocycles. The number of amides is 3. The zero-order valence-electron chi connectivity index (χ0n) is 15.1. The summed E-state index contributed by atoms with van der Waals surface area (Å²) in [5.74, 6) is -0.171. The number of nitrogens with one attached hydrogen (secondary N) is 3. The average molecular weight is 373 g/mol. The van der Waals surface area contributed by atoms with Gasteiger partial charge in [0, 0.05) is 31.2 Å². The van der Waals surface area contributed by atoms with Crippen LogP contribution in [0.15, 0.2) is 0 Å². The van der Waals surface area contributed by atoms with Crippen LogP contribution in [0.4, 0.5) is 4.79 Å². The van der Waals surface area contributed by atoms with Crippen LogP contribution >= 0.6 is 12.4 Å². The lowest BCUT2D eigenvalue weighted by atomic mass is 9.79. The molecule has 0 aromatic heterocycles. The molecule has 0 aromatic rings. The normalized spacial score (nSPS) is 24.3. The molecule has 2 aliphatic carbocycles. The highest BCUT2D eigenvalue weighted by molar-refractivity contribution is 5.95. The molecule has 0 bridgehead atoms. The molecule has 7 heteroatoms. The molecular formula is C18H33ClN4O2. The minimum Gasteiger partial charge on any atom is -0.335 e. The molecule has 2 saturated carbocycles. The van der Waals surface area contributed by atoms with Crippen molar-refractivity contribution in [2.45, 2.75) is 75.8 Å². The Morgan fingerprint density at radius 2 is 1.72 bits per heavy atom. The van der Waals surface area contributed by atoms with Gasteiger partial charge in [-0.25, -0.2) is 4.79 Å². The van der Waals surface area contributed by atoms with Gasteiger partial charge >= 0.3 is 6.03 Å². The third-order valence-corrected chi connectivity index (χ3v) is 6.00. The first kappa shape index (κ1) is 20.5. The van der Waals surface area contributed by atoms with E-state index >= 15 is 0 Å². The van der Waals surface area contributed by atoms with Gasteiger partial charge in [-0.1, -0.05) is 38.5 Å². The first-order valence-corrected chi connectivity index (χ1v) is 9.74. The summed E-state index contributed by atoms with van der Waals surface area (Å²) in [7, 11) is 0. The van der Waals surface area contributed by atoms with Crippen LogP contribution in [0, 0.1) is 0 Å². The van der Waals surface area contributed by atoms with Crippen LogP contribution in [0.2, 0.25) is 0 Å². The van der Waals surface area contributed by atoms with Gasteiger partial charge in [0.25, 0.3) is 0 Å². The fraction of sp³-hybridized carbons (Fsp3) is 0.889. The van der Waals surface area contributed by atoms with Gasteiger partial charge in [0.05, 0.1) is 6.54 Å². The minimum atomic E-state index is -0.320. The first-order chi connectivity index (χ1) is 11.7. The van der Waals surface area contributed by atoms with Gasteiger partial charge in [-0.2, -0.15) is 0 Å². The largest absolute Gasteiger partial charge is 0.335 e. The molecule has 1 saturated heterocycles. The number of rotatable bonds is 3. The van der Waals surface area contributed by atoms with E-state index in [9.17, 15) is 9.59 Å². The van der Waals surface area contributed by atoms with Crippen molar-refractivity contribution in [3.8, 4) is 0 Å². The number of carbonyl (C=O) groups excluding carboxylic acids is 2. The molecule has 0 aromatic carbocycles. The third kappa shape index (κ3) is 5.56. The average Bonchev–Trinajstić information content (AvgIpc) is 2.58. The van der Waals surface area contributed by atoms with E-state index in [0.29, 0.717) is 6.54 Å². The highest BCUT2D eigenvalue weighted by atomic mass is 35.5. The molecule has 3 amide bonds. The molecule has 3 aliphatic rings. The SMILES string of the molecule is Cl.O=C(CN1CCNCC12CCCCC2)NC(=O)NC1CCCCC1. The van der Waals surface area contributed by atoms with Gasteiger partial charge in [0.2, 0.25) is 5.91 Å². The molecule has 0 radical (unpaired) electrons. The Morgan fingerprint density at radius 3 is 2.44 bits per heavy atom. The van der Waals surface area contributed by atoms with Gasteiger partial charge in [-0.3, -0.25) is 15.0 Å². The van der Waals surface area contributed by atoms with Crippen molar-refractivity contribution in [3.63, 3.8) is 0 Å². The molecule has 3 rings (SSSR count). The summed E-state index contributed by atoms with van der Waals surface area (Å²) in [4.78, 5) is 26.7. The molecule has 1 spiro atoms. The van der Waals surface area contributed by atoms with Crippen molar-refractivity contribution < 1.29 is 9.59 Å². The van der Waals surface area contributed by atoms with Crippen LogP contribution in [0.25, 0.3) is 0 Å². The van der Waals surface area contributed by atoms with E-state index in [4.69, 9.17) is 0 Å². The molecular weight excluding hydrogens is 340 g/mol. The van der Waals surface area contributed by atoms with Gasteiger partial charge < -0.3 is 10.6 Å². The quantitative estimate of drug-likeness (QED) is 0.709. The molecule has 1 aliphatic heterocycles. The Kier molecular flexibility index (Phi) is 7.97. The monoisotopic (exact) mass is 372 g/mol. The summed E-state index contributed by atoms with van der Waals surface area (Å²) in [5, 5.41) is 8.99. The Morgan fingerprint density at radius 1 is 1.04 bits per heavy atom. The van der Waals surface area contributed by atoms with Crippen molar-refractivity contribution in [1.82, 2.24) is 20.9 Å². The number of nitrogens with zero attached hydrogens (tertiary/aromatic N) is 1. The van der Waals surface area contributed by atoms with Crippen molar-refractivity contribution in [2.75, 3.05) is 26.2 Å². The second-order valence-electron chi connectivity index (χ2n) is 7.74. The lowest BCUT2D eigenvalue weighted by molar-refractivity contribution is -0.123. The summed E-state index contributed by atoms with van der Waals surface area (Å²) in [5.41, 5.74) is 0.119. The van der Waals surface area contributed by atoms with Crippen molar-refractivity contribution in [2.24, 2.45) is 0 Å². The van der Waals surface area contributed by atoms with Crippen molar-refractivity contribution in [3.05, 3.63) is 0 Å². The number of halogens is 1. The Labute approximate surface area is 157 Å². The molecule has 3 fully saturated rings. The van der Waals surface area contributed by atoms with E-state index in [2.05, 4.69) is 20.9 Å². The van der Waals surface area contributed by atoms with E-state index < -0.39 is 0 Å². The lowest BCUT2D eigenvalue weighted by Crippen LogP contribution is -2.64. The van der Waals surface area contributed by atoms with Gasteiger partial charge in [0.15, 0.2) is 0 Å². The number of imide groups is 1. The second-order valence-corrected chi connectivity index (χ2v) is 7.74. The summed E-state index contributed by atoms with van der Waals surface area (Å²) in [6.45, 7) is 3.11. The highest BCUT2D eigenvalue weighted by Gasteiger charge is 2.40. The highest BCUT2D eigenvalue weighted by Crippen LogP contribution is 2.34. The number of piperazine rings is 1. The zero-order valence-corrected chi connectivity index (χ0v) is 16.0. The van der Waals surface area contributed by atoms with Gasteiger partial charge in [-0.05, 0) is 25.7 Å². The zero-order chi connectivity index (χ0) is 16.8. The number of carbonyl (C=O) groups is 2. The standard InChI is InChI=1S/C18H32N4O2.ClH/c23-16(21-17(24)20-15-7-3-1-4-8-15)13-22-12-11-19-14-18(22)9-5-2-6-10-18;/h15,19H,1-14H2,(H2,20,21,23,24);1H. The van der Waals surface area contributed by atoms with Crippen molar-refractivity contribution in [1.29, 1.82) is 0 Å². The molecule has 0 unspecified atom stereocenters. The Balaban J connectivity index is 0.00000225. The van der Waals surface area contributed by atoms with E-state index in [1.54, 1.807) is 0 Å². The van der Waals surface area contributed by atoms with Gasteiger partial charge in [-0.15, -0.1) is 12.4 Å². The lowest BCUT2D eigenvalue weighted by Gasteiger charge is -2.49. The Hall–Kier alpha value is -0.850. The van der Waals surface area contributed by atoms with Crippen LogP contribution in [0.1, 0.15) is 64.2 Å². The topological polar surface area (TPSA) is 73.5 Å². The predicted octanol–water partition coefficient (Wildman–Crippen LogP) is 2.17. The van der Waals surface area contributed by atoms with Crippen LogP contribution in [-0.4, -0.2) is 54.6 Å². The Bertz CT molecular complexity index is 440. The van der Waals surface area contributed by atoms with E-state index in [-0.39, 0.29) is 35.9 Å². The predicted molar refractivity (Wildman–Crippen MR) is 101 cm³/mol. The maximum Gasteiger partial charge on any atom is 0.321 e. The number of hydrogen-bond acceptors (Lipinski definition) is 4. The summed E-state index contributed by atoms with van der Waals surface area (Å²) in [6.07, 6.45) is 11.7. The van der Waals surface area contributed by atoms with Crippen LogP contribution in [0.5, 0.6) is 0 Å². The molecule has 3 N–H and O–H groups in total. The molecule has 144 valence electrons. The first-order valence-electron chi connectivity index (χ1n) is 9.74. The fourth-order valence-electron chi connectivity index (χ4n) is 4.64. The number of hydrogen-bond donors (Lipinski definition) is 3. The second kappa shape index (κ2) is 9.74. The van der Waals surface area contributed by atoms with Crippen molar-refractivity contribution >= 4 is 24.3 Å². The summed E-state index contributed by atoms with van der Waals surface area (Å²) >= 11 is 0. The summed E-state index contributed by atoms with van der Waals surface area (Å²) < 4.78 is 0. The maximum absolute atomic E-state index is 12.4. The summed E-state index contributed by atoms with van der Waals surface area (Å²) in [6, 6.07) is -0.0878. The minimum absolute atomic E-state index is 0.